The lowest BCUT2D eigenvalue weighted by molar-refractivity contribution is -0.135. The van der Waals surface area contributed by atoms with E-state index in [0.29, 0.717) is 30.4 Å². The van der Waals surface area contributed by atoms with Crippen LogP contribution < -0.4 is 5.32 Å². The molecule has 0 aromatic heterocycles. The molecule has 0 saturated heterocycles. The SMILES string of the molecule is CC(=O)C1CC=C(C(=N)CNC(=O)N(CCC(F)(F)F)C(=N)c2ccc(C)cc2)CC1. The predicted molar refractivity (Wildman–Crippen MR) is 113 cm³/mol. The Morgan fingerprint density at radius 3 is 2.35 bits per heavy atom. The lowest BCUT2D eigenvalue weighted by atomic mass is 9.85. The van der Waals surface area contributed by atoms with E-state index in [0.717, 1.165) is 10.5 Å². The maximum absolute atomic E-state index is 12.7. The van der Waals surface area contributed by atoms with Gasteiger partial charge in [0.1, 0.15) is 11.6 Å². The first kappa shape index (κ1) is 24.3. The van der Waals surface area contributed by atoms with Crippen molar-refractivity contribution in [3.63, 3.8) is 0 Å². The number of aryl methyl sites for hydroxylation is 1. The lowest BCUT2D eigenvalue weighted by Crippen LogP contribution is -2.46. The van der Waals surface area contributed by atoms with Gasteiger partial charge in [-0.1, -0.05) is 35.9 Å². The van der Waals surface area contributed by atoms with E-state index >= 15 is 0 Å². The fourth-order valence-corrected chi connectivity index (χ4v) is 3.27. The van der Waals surface area contributed by atoms with E-state index in [1.54, 1.807) is 30.3 Å². The van der Waals surface area contributed by atoms with Crippen LogP contribution in [0.4, 0.5) is 18.0 Å². The second-order valence-electron chi connectivity index (χ2n) is 7.68. The molecular weight excluding hydrogens is 409 g/mol. The highest BCUT2D eigenvalue weighted by Crippen LogP contribution is 2.25. The maximum Gasteiger partial charge on any atom is 0.390 e. The highest BCUT2D eigenvalue weighted by Gasteiger charge is 2.31. The molecule has 0 spiro atoms. The summed E-state index contributed by atoms with van der Waals surface area (Å²) in [7, 11) is 0. The molecule has 1 aromatic rings. The lowest BCUT2D eigenvalue weighted by Gasteiger charge is -2.25. The van der Waals surface area contributed by atoms with Gasteiger partial charge in [-0.3, -0.25) is 15.1 Å². The summed E-state index contributed by atoms with van der Waals surface area (Å²) in [4.78, 5) is 24.8. The Bertz CT molecular complexity index is 876. The molecule has 0 saturated carbocycles. The van der Waals surface area contributed by atoms with Crippen molar-refractivity contribution in [1.29, 1.82) is 10.8 Å². The van der Waals surface area contributed by atoms with Crippen LogP contribution in [0.2, 0.25) is 0 Å². The molecule has 31 heavy (non-hydrogen) atoms. The Morgan fingerprint density at radius 2 is 1.84 bits per heavy atom. The van der Waals surface area contributed by atoms with Crippen molar-refractivity contribution in [1.82, 2.24) is 10.2 Å². The average molecular weight is 436 g/mol. The number of carbonyl (C=O) groups excluding carboxylic acids is 2. The van der Waals surface area contributed by atoms with Gasteiger partial charge in [-0.15, -0.1) is 0 Å². The van der Waals surface area contributed by atoms with Gasteiger partial charge in [0.05, 0.1) is 18.7 Å². The number of amides is 2. The zero-order chi connectivity index (χ0) is 23.2. The summed E-state index contributed by atoms with van der Waals surface area (Å²) in [6, 6.07) is 5.71. The Morgan fingerprint density at radius 1 is 1.19 bits per heavy atom. The van der Waals surface area contributed by atoms with Gasteiger partial charge in [-0.25, -0.2) is 4.79 Å². The third kappa shape index (κ3) is 7.34. The molecule has 2 amide bonds. The van der Waals surface area contributed by atoms with E-state index in [1.165, 1.54) is 6.92 Å². The number of amidine groups is 1. The molecule has 0 fully saturated rings. The fourth-order valence-electron chi connectivity index (χ4n) is 3.27. The Hall–Kier alpha value is -2.97. The first-order valence-corrected chi connectivity index (χ1v) is 10.0. The Balaban J connectivity index is 2.05. The minimum atomic E-state index is -4.47. The molecule has 0 bridgehead atoms. The predicted octanol–water partition coefficient (Wildman–Crippen LogP) is 4.62. The molecule has 1 unspecified atom stereocenters. The molecule has 168 valence electrons. The fraction of sp³-hybridized carbons (Fsp3) is 0.455. The number of hydrogen-bond donors (Lipinski definition) is 3. The molecule has 0 radical (unpaired) electrons. The minimum Gasteiger partial charge on any atom is -0.332 e. The normalized spacial score (nSPS) is 16.3. The number of halogens is 3. The van der Waals surface area contributed by atoms with Crippen molar-refractivity contribution in [3.05, 3.63) is 47.0 Å². The number of urea groups is 1. The molecule has 0 heterocycles. The van der Waals surface area contributed by atoms with Gasteiger partial charge in [-0.2, -0.15) is 13.2 Å². The number of ketones is 1. The molecule has 1 aliphatic rings. The van der Waals surface area contributed by atoms with Crippen LogP contribution in [-0.2, 0) is 4.79 Å². The van der Waals surface area contributed by atoms with E-state index in [4.69, 9.17) is 10.8 Å². The van der Waals surface area contributed by atoms with E-state index in [2.05, 4.69) is 5.32 Å². The second-order valence-corrected chi connectivity index (χ2v) is 7.68. The standard InChI is InChI=1S/C22H27F3N4O2/c1-14-3-5-18(6-4-14)20(27)29(12-11-22(23,24)25)21(31)28-13-19(26)17-9-7-16(8-10-17)15(2)30/h3-6,9,16,26-27H,7-8,10-13H2,1-2H3,(H,28,31). The summed E-state index contributed by atoms with van der Waals surface area (Å²) in [5.41, 5.74) is 2.11. The number of carbonyl (C=O) groups is 2. The molecule has 1 aromatic carbocycles. The van der Waals surface area contributed by atoms with Gasteiger partial charge < -0.3 is 10.7 Å². The van der Waals surface area contributed by atoms with Gasteiger partial charge >= 0.3 is 12.2 Å². The van der Waals surface area contributed by atoms with Gasteiger partial charge in [0, 0.05) is 18.0 Å². The molecule has 3 N–H and O–H groups in total. The highest BCUT2D eigenvalue weighted by atomic mass is 19.4. The Kier molecular flexibility index (Phi) is 8.13. The zero-order valence-corrected chi connectivity index (χ0v) is 17.6. The monoisotopic (exact) mass is 436 g/mol. The van der Waals surface area contributed by atoms with Crippen LogP contribution in [0.1, 0.15) is 43.7 Å². The molecule has 9 heteroatoms. The molecule has 6 nitrogen and oxygen atoms in total. The van der Waals surface area contributed by atoms with Gasteiger partial charge in [0.15, 0.2) is 0 Å². The molecule has 0 aliphatic heterocycles. The van der Waals surface area contributed by atoms with Crippen LogP contribution in [0.5, 0.6) is 0 Å². The van der Waals surface area contributed by atoms with Crippen molar-refractivity contribution in [2.24, 2.45) is 5.92 Å². The van der Waals surface area contributed by atoms with Crippen LogP contribution in [-0.4, -0.2) is 47.5 Å². The van der Waals surface area contributed by atoms with Crippen LogP contribution in [0, 0.1) is 23.7 Å². The number of Topliss-reactive ketones (excluding diaryl/α,β-unsaturated/α-hetero) is 1. The minimum absolute atomic E-state index is 0.0565. The third-order valence-electron chi connectivity index (χ3n) is 5.25. The largest absolute Gasteiger partial charge is 0.390 e. The zero-order valence-electron chi connectivity index (χ0n) is 17.6. The van der Waals surface area contributed by atoms with Crippen LogP contribution >= 0.6 is 0 Å². The summed E-state index contributed by atoms with van der Waals surface area (Å²) in [6.07, 6.45) is -2.21. The van der Waals surface area contributed by atoms with Gasteiger partial charge in [0.2, 0.25) is 0 Å². The quantitative estimate of drug-likeness (QED) is 0.429. The molecule has 1 atom stereocenters. The van der Waals surface area contributed by atoms with Crippen LogP contribution in [0.15, 0.2) is 35.9 Å². The first-order valence-electron chi connectivity index (χ1n) is 10.0. The number of alkyl halides is 3. The van der Waals surface area contributed by atoms with E-state index in [-0.39, 0.29) is 29.8 Å². The van der Waals surface area contributed by atoms with E-state index in [9.17, 15) is 22.8 Å². The van der Waals surface area contributed by atoms with Crippen molar-refractivity contribution in [2.45, 2.75) is 45.7 Å². The summed E-state index contributed by atoms with van der Waals surface area (Å²) in [5.74, 6) is -0.293. The van der Waals surface area contributed by atoms with Gasteiger partial charge in [-0.05, 0) is 38.7 Å². The number of rotatable bonds is 7. The molecule has 2 rings (SSSR count). The van der Waals surface area contributed by atoms with E-state index in [1.807, 2.05) is 6.92 Å². The highest BCUT2D eigenvalue weighted by molar-refractivity contribution is 6.07. The van der Waals surface area contributed by atoms with Crippen molar-refractivity contribution >= 4 is 23.4 Å². The van der Waals surface area contributed by atoms with Crippen molar-refractivity contribution < 1.29 is 22.8 Å². The maximum atomic E-state index is 12.7. The molecular formula is C22H27F3N4O2. The van der Waals surface area contributed by atoms with Crippen molar-refractivity contribution in [3.8, 4) is 0 Å². The number of nitrogens with zero attached hydrogens (tertiary/aromatic N) is 1. The second kappa shape index (κ2) is 10.4. The van der Waals surface area contributed by atoms with Crippen LogP contribution in [0.25, 0.3) is 0 Å². The third-order valence-corrected chi connectivity index (χ3v) is 5.25. The molecule has 1 aliphatic carbocycles. The Labute approximate surface area is 179 Å². The first-order chi connectivity index (χ1) is 14.5. The number of allylic oxidation sites excluding steroid dienone is 1. The van der Waals surface area contributed by atoms with Crippen LogP contribution in [0.3, 0.4) is 0 Å². The summed E-state index contributed by atoms with van der Waals surface area (Å²) in [5, 5.41) is 18.9. The number of benzene rings is 1. The number of hydrogen-bond acceptors (Lipinski definition) is 4. The topological polar surface area (TPSA) is 97.1 Å². The summed E-state index contributed by atoms with van der Waals surface area (Å²) < 4.78 is 38.2. The van der Waals surface area contributed by atoms with E-state index < -0.39 is 25.2 Å². The smallest absolute Gasteiger partial charge is 0.332 e. The number of nitrogens with one attached hydrogen (secondary N) is 3. The summed E-state index contributed by atoms with van der Waals surface area (Å²) >= 11 is 0. The summed E-state index contributed by atoms with van der Waals surface area (Å²) in [6.45, 7) is 2.51. The van der Waals surface area contributed by atoms with Crippen molar-refractivity contribution in [2.75, 3.05) is 13.1 Å². The average Bonchev–Trinajstić information content (AvgIpc) is 2.71. The van der Waals surface area contributed by atoms with Gasteiger partial charge in [0.25, 0.3) is 0 Å².